The fourth-order valence-corrected chi connectivity index (χ4v) is 2.30. The maximum Gasteiger partial charge on any atom is 0.310 e. The number of benzene rings is 1. The molecule has 0 radical (unpaired) electrons. The van der Waals surface area contributed by atoms with E-state index < -0.39 is 5.60 Å². The van der Waals surface area contributed by atoms with Gasteiger partial charge in [0.05, 0.1) is 39.0 Å². The zero-order valence-electron chi connectivity index (χ0n) is 14.2. The summed E-state index contributed by atoms with van der Waals surface area (Å²) in [5, 5.41) is 0. The molecule has 1 fully saturated rings. The second kappa shape index (κ2) is 8.31. The van der Waals surface area contributed by atoms with Crippen molar-refractivity contribution in [2.24, 2.45) is 0 Å². The molecule has 1 aliphatic heterocycles. The highest BCUT2D eigenvalue weighted by Gasteiger charge is 2.17. The van der Waals surface area contributed by atoms with Crippen molar-refractivity contribution in [3.05, 3.63) is 29.8 Å². The molecule has 5 heteroatoms. The van der Waals surface area contributed by atoms with Gasteiger partial charge in [-0.3, -0.25) is 4.79 Å². The van der Waals surface area contributed by atoms with Gasteiger partial charge in [-0.05, 0) is 38.5 Å². The molecule has 1 aromatic rings. The minimum absolute atomic E-state index is 0.105. The Morgan fingerprint density at radius 1 is 1.30 bits per heavy atom. The molecular formula is C18H26O5. The molecule has 0 spiro atoms. The van der Waals surface area contributed by atoms with E-state index in [1.54, 1.807) is 0 Å². The molecule has 5 nitrogen and oxygen atoms in total. The first kappa shape index (κ1) is 17.8. The topological polar surface area (TPSA) is 54.0 Å². The minimum atomic E-state index is -0.465. The van der Waals surface area contributed by atoms with Crippen LogP contribution < -0.4 is 4.74 Å². The normalized spacial score (nSPS) is 18.5. The summed E-state index contributed by atoms with van der Waals surface area (Å²) < 4.78 is 22.0. The number of hydrogen-bond donors (Lipinski definition) is 0. The van der Waals surface area contributed by atoms with E-state index >= 15 is 0 Å². The maximum absolute atomic E-state index is 11.9. The number of rotatable bonds is 6. The van der Waals surface area contributed by atoms with Crippen molar-refractivity contribution in [2.75, 3.05) is 26.4 Å². The molecule has 1 aliphatic rings. The smallest absolute Gasteiger partial charge is 0.310 e. The lowest BCUT2D eigenvalue weighted by Gasteiger charge is -2.22. The third kappa shape index (κ3) is 7.01. The largest absolute Gasteiger partial charge is 0.493 e. The van der Waals surface area contributed by atoms with Crippen molar-refractivity contribution in [3.63, 3.8) is 0 Å². The van der Waals surface area contributed by atoms with Crippen LogP contribution >= 0.6 is 0 Å². The highest BCUT2D eigenvalue weighted by molar-refractivity contribution is 5.73. The van der Waals surface area contributed by atoms with Crippen molar-refractivity contribution in [1.29, 1.82) is 0 Å². The average molecular weight is 322 g/mol. The van der Waals surface area contributed by atoms with E-state index in [1.807, 2.05) is 45.0 Å². The third-order valence-corrected chi connectivity index (χ3v) is 3.26. The molecule has 1 saturated heterocycles. The lowest BCUT2D eigenvalue weighted by atomic mass is 10.1. The highest BCUT2D eigenvalue weighted by Crippen LogP contribution is 2.16. The molecule has 0 saturated carbocycles. The minimum Gasteiger partial charge on any atom is -0.493 e. The van der Waals surface area contributed by atoms with Crippen LogP contribution in [0.4, 0.5) is 0 Å². The van der Waals surface area contributed by atoms with Crippen LogP contribution in [0.3, 0.4) is 0 Å². The van der Waals surface area contributed by atoms with Crippen LogP contribution in [-0.4, -0.2) is 44.1 Å². The molecule has 0 bridgehead atoms. The highest BCUT2D eigenvalue weighted by atomic mass is 16.6. The first-order valence-electron chi connectivity index (χ1n) is 8.05. The van der Waals surface area contributed by atoms with E-state index in [2.05, 4.69) is 0 Å². The van der Waals surface area contributed by atoms with E-state index in [1.165, 1.54) is 0 Å². The van der Waals surface area contributed by atoms with Crippen LogP contribution in [-0.2, 0) is 25.4 Å². The van der Waals surface area contributed by atoms with Gasteiger partial charge in [-0.2, -0.15) is 0 Å². The Balaban J connectivity index is 1.78. The predicted molar refractivity (Wildman–Crippen MR) is 86.7 cm³/mol. The summed E-state index contributed by atoms with van der Waals surface area (Å²) in [5.74, 6) is 0.519. The van der Waals surface area contributed by atoms with Gasteiger partial charge in [0.1, 0.15) is 11.4 Å². The molecule has 1 heterocycles. The van der Waals surface area contributed by atoms with Crippen LogP contribution in [0.15, 0.2) is 24.3 Å². The molecule has 1 unspecified atom stereocenters. The second-order valence-electron chi connectivity index (χ2n) is 6.62. The number of carbonyl (C=O) groups is 1. The van der Waals surface area contributed by atoms with E-state index in [0.717, 1.165) is 17.7 Å². The van der Waals surface area contributed by atoms with Gasteiger partial charge in [0, 0.05) is 6.42 Å². The number of ether oxygens (including phenoxy) is 4. The molecule has 1 atom stereocenters. The van der Waals surface area contributed by atoms with Gasteiger partial charge in [-0.15, -0.1) is 0 Å². The standard InChI is InChI=1S/C18H26O5/c1-18(2,3)23-17(19)12-14-5-4-6-15(11-14)21-8-7-16-13-20-9-10-22-16/h4-6,11,16H,7-10,12-13H2,1-3H3. The summed E-state index contributed by atoms with van der Waals surface area (Å²) in [6.07, 6.45) is 1.14. The fourth-order valence-electron chi connectivity index (χ4n) is 2.30. The summed E-state index contributed by atoms with van der Waals surface area (Å²) in [7, 11) is 0. The first-order chi connectivity index (χ1) is 10.9. The monoisotopic (exact) mass is 322 g/mol. The molecule has 23 heavy (non-hydrogen) atoms. The van der Waals surface area contributed by atoms with Gasteiger partial charge >= 0.3 is 5.97 Å². The Kier molecular flexibility index (Phi) is 6.42. The number of carbonyl (C=O) groups excluding carboxylic acids is 1. The fraction of sp³-hybridized carbons (Fsp3) is 0.611. The Bertz CT molecular complexity index is 500. The molecule has 0 N–H and O–H groups in total. The number of hydrogen-bond acceptors (Lipinski definition) is 5. The first-order valence-corrected chi connectivity index (χ1v) is 8.05. The van der Waals surface area contributed by atoms with Crippen molar-refractivity contribution < 1.29 is 23.7 Å². The third-order valence-electron chi connectivity index (χ3n) is 3.26. The zero-order valence-corrected chi connectivity index (χ0v) is 14.2. The molecule has 1 aromatic carbocycles. The maximum atomic E-state index is 11.9. The van der Waals surface area contributed by atoms with Crippen LogP contribution in [0.1, 0.15) is 32.8 Å². The molecule has 0 amide bonds. The molecule has 0 aliphatic carbocycles. The Labute approximate surface area is 137 Å². The summed E-state index contributed by atoms with van der Waals surface area (Å²) in [5.41, 5.74) is 0.418. The van der Waals surface area contributed by atoms with Gasteiger partial charge in [0.25, 0.3) is 0 Å². The van der Waals surface area contributed by atoms with E-state index in [4.69, 9.17) is 18.9 Å². The van der Waals surface area contributed by atoms with Crippen LogP contribution in [0.5, 0.6) is 5.75 Å². The second-order valence-corrected chi connectivity index (χ2v) is 6.62. The van der Waals surface area contributed by atoms with E-state index in [0.29, 0.717) is 26.4 Å². The van der Waals surface area contributed by atoms with E-state index in [9.17, 15) is 4.79 Å². The lowest BCUT2D eigenvalue weighted by Crippen LogP contribution is -2.29. The molecule has 0 aromatic heterocycles. The average Bonchev–Trinajstić information content (AvgIpc) is 2.46. The summed E-state index contributed by atoms with van der Waals surface area (Å²) in [6.45, 7) is 8.09. The molecular weight excluding hydrogens is 296 g/mol. The van der Waals surface area contributed by atoms with Crippen LogP contribution in [0, 0.1) is 0 Å². The van der Waals surface area contributed by atoms with Crippen molar-refractivity contribution in [2.45, 2.75) is 45.3 Å². The summed E-state index contributed by atoms with van der Waals surface area (Å²) >= 11 is 0. The van der Waals surface area contributed by atoms with Gasteiger partial charge in [-0.1, -0.05) is 12.1 Å². The van der Waals surface area contributed by atoms with Gasteiger partial charge in [-0.25, -0.2) is 0 Å². The molecule has 128 valence electrons. The predicted octanol–water partition coefficient (Wildman–Crippen LogP) is 2.76. The van der Waals surface area contributed by atoms with Gasteiger partial charge < -0.3 is 18.9 Å². The van der Waals surface area contributed by atoms with Crippen LogP contribution in [0.25, 0.3) is 0 Å². The van der Waals surface area contributed by atoms with E-state index in [-0.39, 0.29) is 18.5 Å². The Morgan fingerprint density at radius 3 is 2.83 bits per heavy atom. The lowest BCUT2D eigenvalue weighted by molar-refractivity contribution is -0.153. The quantitative estimate of drug-likeness (QED) is 0.754. The summed E-state index contributed by atoms with van der Waals surface area (Å²) in [6, 6.07) is 7.54. The van der Waals surface area contributed by atoms with Crippen molar-refractivity contribution in [1.82, 2.24) is 0 Å². The SMILES string of the molecule is CC(C)(C)OC(=O)Cc1cccc(OCCC2COCCO2)c1. The van der Waals surface area contributed by atoms with Crippen molar-refractivity contribution in [3.8, 4) is 5.75 Å². The van der Waals surface area contributed by atoms with Gasteiger partial charge in [0.15, 0.2) is 0 Å². The Hall–Kier alpha value is -1.59. The summed E-state index contributed by atoms with van der Waals surface area (Å²) in [4.78, 5) is 11.9. The van der Waals surface area contributed by atoms with Gasteiger partial charge in [0.2, 0.25) is 0 Å². The number of esters is 1. The van der Waals surface area contributed by atoms with Crippen LogP contribution in [0.2, 0.25) is 0 Å². The Morgan fingerprint density at radius 2 is 2.13 bits per heavy atom. The van der Waals surface area contributed by atoms with Crippen molar-refractivity contribution >= 4 is 5.97 Å². The molecule has 2 rings (SSSR count). The zero-order chi connectivity index (χ0) is 16.7.